The molecule has 0 aromatic heterocycles. The highest BCUT2D eigenvalue weighted by molar-refractivity contribution is 5.41. The molecule has 0 aliphatic rings. The summed E-state index contributed by atoms with van der Waals surface area (Å²) in [6.45, 7) is 5.53. The second-order valence-corrected chi connectivity index (χ2v) is 3.17. The summed E-state index contributed by atoms with van der Waals surface area (Å²) in [6, 6.07) is 3.49. The predicted octanol–water partition coefficient (Wildman–Crippen LogP) is 2.06. The van der Waals surface area contributed by atoms with E-state index in [1.807, 2.05) is 19.9 Å². The maximum absolute atomic E-state index is 9.43. The zero-order valence-electron chi connectivity index (χ0n) is 7.63. The molecule has 2 N–H and O–H groups in total. The van der Waals surface area contributed by atoms with Crippen molar-refractivity contribution in [2.45, 2.75) is 26.9 Å². The molecular formula is C10H14O2. The van der Waals surface area contributed by atoms with Gasteiger partial charge in [0.05, 0.1) is 6.10 Å². The lowest BCUT2D eigenvalue weighted by atomic mass is 10.0. The van der Waals surface area contributed by atoms with Gasteiger partial charge in [0.2, 0.25) is 0 Å². The molecule has 0 saturated heterocycles. The highest BCUT2D eigenvalue weighted by atomic mass is 16.3. The number of aliphatic hydroxyl groups is 1. The Bertz CT molecular complexity index is 290. The van der Waals surface area contributed by atoms with E-state index in [1.54, 1.807) is 13.0 Å². The van der Waals surface area contributed by atoms with Gasteiger partial charge in [0.1, 0.15) is 5.75 Å². The minimum atomic E-state index is -0.607. The van der Waals surface area contributed by atoms with E-state index in [9.17, 15) is 10.2 Å². The smallest absolute Gasteiger partial charge is 0.121 e. The summed E-state index contributed by atoms with van der Waals surface area (Å²) < 4.78 is 0. The molecule has 0 heterocycles. The van der Waals surface area contributed by atoms with E-state index in [0.717, 1.165) is 11.1 Å². The number of aliphatic hydroxyl groups excluding tert-OH is 1. The Balaban J connectivity index is 3.23. The molecule has 1 aromatic carbocycles. The Morgan fingerprint density at radius 3 is 2.17 bits per heavy atom. The first-order chi connectivity index (χ1) is 5.52. The second-order valence-electron chi connectivity index (χ2n) is 3.17. The Morgan fingerprint density at radius 2 is 1.67 bits per heavy atom. The van der Waals surface area contributed by atoms with Gasteiger partial charge in [0.25, 0.3) is 0 Å². The van der Waals surface area contributed by atoms with Crippen LogP contribution < -0.4 is 0 Å². The summed E-state index contributed by atoms with van der Waals surface area (Å²) in [5.74, 6) is 0.174. The van der Waals surface area contributed by atoms with E-state index in [4.69, 9.17) is 0 Å². The van der Waals surface area contributed by atoms with Crippen molar-refractivity contribution < 1.29 is 10.2 Å². The van der Waals surface area contributed by atoms with Gasteiger partial charge in [-0.05, 0) is 44.0 Å². The first-order valence-corrected chi connectivity index (χ1v) is 4.00. The third-order valence-corrected chi connectivity index (χ3v) is 2.09. The molecule has 0 radical (unpaired) electrons. The molecule has 12 heavy (non-hydrogen) atoms. The van der Waals surface area contributed by atoms with Crippen molar-refractivity contribution in [1.29, 1.82) is 0 Å². The molecule has 0 fully saturated rings. The minimum Gasteiger partial charge on any atom is -0.508 e. The number of hydrogen-bond acceptors (Lipinski definition) is 2. The molecule has 1 rings (SSSR count). The van der Waals surface area contributed by atoms with Gasteiger partial charge < -0.3 is 10.2 Å². The third-order valence-electron chi connectivity index (χ3n) is 2.09. The van der Waals surface area contributed by atoms with E-state index in [0.29, 0.717) is 5.56 Å². The topological polar surface area (TPSA) is 40.5 Å². The van der Waals surface area contributed by atoms with Crippen LogP contribution in [0.15, 0.2) is 12.1 Å². The van der Waals surface area contributed by atoms with Crippen molar-refractivity contribution in [3.8, 4) is 5.75 Å². The Kier molecular flexibility index (Phi) is 2.38. The summed E-state index contributed by atoms with van der Waals surface area (Å²) >= 11 is 0. The fraction of sp³-hybridized carbons (Fsp3) is 0.400. The fourth-order valence-electron chi connectivity index (χ4n) is 1.16. The maximum Gasteiger partial charge on any atom is 0.121 e. The molecule has 1 aromatic rings. The van der Waals surface area contributed by atoms with E-state index >= 15 is 0 Å². The fourth-order valence-corrected chi connectivity index (χ4v) is 1.16. The van der Waals surface area contributed by atoms with E-state index in [1.165, 1.54) is 0 Å². The van der Waals surface area contributed by atoms with Crippen molar-refractivity contribution >= 4 is 0 Å². The Labute approximate surface area is 72.5 Å². The van der Waals surface area contributed by atoms with Crippen LogP contribution in [0, 0.1) is 13.8 Å². The van der Waals surface area contributed by atoms with Crippen molar-refractivity contribution in [2.24, 2.45) is 0 Å². The van der Waals surface area contributed by atoms with Crippen LogP contribution in [0.5, 0.6) is 5.75 Å². The predicted molar refractivity (Wildman–Crippen MR) is 48.2 cm³/mol. The van der Waals surface area contributed by atoms with Crippen molar-refractivity contribution in [2.75, 3.05) is 0 Å². The van der Waals surface area contributed by atoms with E-state index in [2.05, 4.69) is 0 Å². The summed E-state index contributed by atoms with van der Waals surface area (Å²) in [6.07, 6.45) is -0.607. The molecule has 0 spiro atoms. The van der Waals surface area contributed by atoms with E-state index in [-0.39, 0.29) is 5.75 Å². The zero-order valence-corrected chi connectivity index (χ0v) is 7.63. The normalized spacial score (nSPS) is 13.0. The van der Waals surface area contributed by atoms with Crippen LogP contribution in [0.2, 0.25) is 0 Å². The van der Waals surface area contributed by atoms with Crippen LogP contribution in [0.25, 0.3) is 0 Å². The molecule has 66 valence electrons. The number of aromatic hydroxyl groups is 1. The van der Waals surface area contributed by atoms with Crippen LogP contribution >= 0.6 is 0 Å². The van der Waals surface area contributed by atoms with E-state index < -0.39 is 6.10 Å². The van der Waals surface area contributed by atoms with Gasteiger partial charge in [0, 0.05) is 5.56 Å². The highest BCUT2D eigenvalue weighted by Crippen LogP contribution is 2.26. The number of phenolic OH excluding ortho intramolecular Hbond substituents is 1. The lowest BCUT2D eigenvalue weighted by Gasteiger charge is -2.10. The number of benzene rings is 1. The van der Waals surface area contributed by atoms with Crippen molar-refractivity contribution in [1.82, 2.24) is 0 Å². The van der Waals surface area contributed by atoms with Crippen molar-refractivity contribution in [3.63, 3.8) is 0 Å². The standard InChI is InChI=1S/C10H14O2/c1-6-4-9(8(3)11)10(12)5-7(6)2/h4-5,8,11-12H,1-3H3/t8-/m1/s1. The molecule has 0 aliphatic carbocycles. The molecule has 0 aliphatic heterocycles. The number of phenols is 1. The first kappa shape index (κ1) is 9.07. The first-order valence-electron chi connectivity index (χ1n) is 4.00. The SMILES string of the molecule is Cc1cc(O)c([C@@H](C)O)cc1C. The largest absolute Gasteiger partial charge is 0.508 e. The lowest BCUT2D eigenvalue weighted by molar-refractivity contribution is 0.195. The average Bonchev–Trinajstić information content (AvgIpc) is 1.96. The summed E-state index contributed by atoms with van der Waals surface area (Å²) in [7, 11) is 0. The number of rotatable bonds is 1. The lowest BCUT2D eigenvalue weighted by Crippen LogP contribution is -1.93. The van der Waals surface area contributed by atoms with Gasteiger partial charge in [-0.3, -0.25) is 0 Å². The number of hydrogen-bond donors (Lipinski definition) is 2. The summed E-state index contributed by atoms with van der Waals surface area (Å²) in [5.41, 5.74) is 2.72. The molecule has 0 saturated carbocycles. The maximum atomic E-state index is 9.43. The van der Waals surface area contributed by atoms with Gasteiger partial charge in [-0.2, -0.15) is 0 Å². The molecular weight excluding hydrogens is 152 g/mol. The summed E-state index contributed by atoms with van der Waals surface area (Å²) in [4.78, 5) is 0. The van der Waals surface area contributed by atoms with Gasteiger partial charge in [-0.1, -0.05) is 0 Å². The summed E-state index contributed by atoms with van der Waals surface area (Å²) in [5, 5.41) is 18.7. The van der Waals surface area contributed by atoms with Gasteiger partial charge in [-0.15, -0.1) is 0 Å². The van der Waals surface area contributed by atoms with Crippen LogP contribution in [-0.2, 0) is 0 Å². The third kappa shape index (κ3) is 1.59. The van der Waals surface area contributed by atoms with Crippen LogP contribution in [0.1, 0.15) is 29.7 Å². The molecule has 0 bridgehead atoms. The zero-order chi connectivity index (χ0) is 9.30. The van der Waals surface area contributed by atoms with Crippen LogP contribution in [0.3, 0.4) is 0 Å². The second kappa shape index (κ2) is 3.15. The molecule has 0 amide bonds. The minimum absolute atomic E-state index is 0.174. The highest BCUT2D eigenvalue weighted by Gasteiger charge is 2.08. The number of aryl methyl sites for hydroxylation is 2. The van der Waals surface area contributed by atoms with Gasteiger partial charge >= 0.3 is 0 Å². The Hall–Kier alpha value is -1.02. The van der Waals surface area contributed by atoms with Crippen LogP contribution in [-0.4, -0.2) is 10.2 Å². The van der Waals surface area contributed by atoms with Crippen molar-refractivity contribution in [3.05, 3.63) is 28.8 Å². The van der Waals surface area contributed by atoms with Gasteiger partial charge in [-0.25, -0.2) is 0 Å². The molecule has 2 heteroatoms. The van der Waals surface area contributed by atoms with Gasteiger partial charge in [0.15, 0.2) is 0 Å². The molecule has 0 unspecified atom stereocenters. The quantitative estimate of drug-likeness (QED) is 0.670. The monoisotopic (exact) mass is 166 g/mol. The Morgan fingerprint density at radius 1 is 1.17 bits per heavy atom. The van der Waals surface area contributed by atoms with Crippen LogP contribution in [0.4, 0.5) is 0 Å². The average molecular weight is 166 g/mol. The molecule has 2 nitrogen and oxygen atoms in total. The molecule has 1 atom stereocenters.